The molecule has 0 saturated carbocycles. The first-order valence-electron chi connectivity index (χ1n) is 15.1. The number of rotatable bonds is 10. The van der Waals surface area contributed by atoms with Crippen molar-refractivity contribution in [1.82, 2.24) is 25.1 Å². The molecule has 5 rings (SSSR count). The molecule has 42 heavy (non-hydrogen) atoms. The van der Waals surface area contributed by atoms with Gasteiger partial charge >= 0.3 is 6.03 Å². The Balaban J connectivity index is 1.47. The van der Waals surface area contributed by atoms with Crippen LogP contribution in [0.3, 0.4) is 0 Å². The third-order valence-corrected chi connectivity index (χ3v) is 8.33. The van der Waals surface area contributed by atoms with Crippen molar-refractivity contribution in [2.75, 3.05) is 26.2 Å². The van der Waals surface area contributed by atoms with Gasteiger partial charge < -0.3 is 15.1 Å². The number of piperazine rings is 1. The zero-order valence-corrected chi connectivity index (χ0v) is 24.6. The van der Waals surface area contributed by atoms with E-state index in [4.69, 9.17) is 0 Å². The Kier molecular flexibility index (Phi) is 9.54. The van der Waals surface area contributed by atoms with Crippen LogP contribution in [-0.4, -0.2) is 76.0 Å². The van der Waals surface area contributed by atoms with Gasteiger partial charge in [0, 0.05) is 25.6 Å². The van der Waals surface area contributed by atoms with Crippen LogP contribution in [-0.2, 0) is 16.1 Å². The van der Waals surface area contributed by atoms with Gasteiger partial charge in [0.2, 0.25) is 11.8 Å². The minimum absolute atomic E-state index is 0.0421. The highest BCUT2D eigenvalue weighted by molar-refractivity contribution is 5.91. The molecule has 3 aromatic carbocycles. The Morgan fingerprint density at radius 2 is 1.48 bits per heavy atom. The summed E-state index contributed by atoms with van der Waals surface area (Å²) in [6.07, 6.45) is 1.71. The molecule has 1 N–H and O–H groups in total. The van der Waals surface area contributed by atoms with Crippen molar-refractivity contribution in [3.8, 4) is 0 Å². The first-order chi connectivity index (χ1) is 20.5. The van der Waals surface area contributed by atoms with Gasteiger partial charge in [-0.15, -0.1) is 0 Å². The number of amides is 4. The van der Waals surface area contributed by atoms with Gasteiger partial charge in [0.25, 0.3) is 0 Å². The van der Waals surface area contributed by atoms with Gasteiger partial charge in [-0.3, -0.25) is 9.59 Å². The van der Waals surface area contributed by atoms with Crippen molar-refractivity contribution in [1.29, 1.82) is 0 Å². The van der Waals surface area contributed by atoms with E-state index in [1.165, 1.54) is 0 Å². The van der Waals surface area contributed by atoms with Crippen molar-refractivity contribution in [2.45, 2.75) is 57.8 Å². The number of hydrazine groups is 1. The van der Waals surface area contributed by atoms with E-state index in [1.807, 2.05) is 78.6 Å². The van der Waals surface area contributed by atoms with Crippen molar-refractivity contribution in [3.63, 3.8) is 0 Å². The van der Waals surface area contributed by atoms with Crippen molar-refractivity contribution in [2.24, 2.45) is 0 Å². The maximum absolute atomic E-state index is 14.2. The van der Waals surface area contributed by atoms with E-state index in [0.29, 0.717) is 26.1 Å². The molecule has 0 radical (unpaired) electrons. The SMILES string of the molecule is CCCC[C@H]1C(=O)N(CC(c2ccccc2)c2ccccc2)C[C@H]2N1C(=O)CN(CC)N2C(=O)NCc1ccccc1. The van der Waals surface area contributed by atoms with Crippen LogP contribution < -0.4 is 5.32 Å². The molecular formula is C34H41N5O3. The van der Waals surface area contributed by atoms with Gasteiger partial charge in [0.15, 0.2) is 0 Å². The molecule has 3 aromatic rings. The van der Waals surface area contributed by atoms with E-state index in [1.54, 1.807) is 14.9 Å². The Morgan fingerprint density at radius 1 is 0.881 bits per heavy atom. The van der Waals surface area contributed by atoms with Crippen LogP contribution in [0.25, 0.3) is 0 Å². The number of nitrogens with zero attached hydrogens (tertiary/aromatic N) is 4. The van der Waals surface area contributed by atoms with Crippen LogP contribution in [0.5, 0.6) is 0 Å². The van der Waals surface area contributed by atoms with E-state index in [9.17, 15) is 14.4 Å². The molecule has 2 heterocycles. The number of carbonyl (C=O) groups excluding carboxylic acids is 3. The normalized spacial score (nSPS) is 19.3. The second kappa shape index (κ2) is 13.7. The molecule has 4 amide bonds. The van der Waals surface area contributed by atoms with E-state index in [-0.39, 0.29) is 36.9 Å². The van der Waals surface area contributed by atoms with Crippen LogP contribution in [0.1, 0.15) is 55.7 Å². The summed E-state index contributed by atoms with van der Waals surface area (Å²) >= 11 is 0. The number of fused-ring (bicyclic) bond motifs is 1. The fraction of sp³-hybridized carbons (Fsp3) is 0.382. The molecule has 2 fully saturated rings. The first kappa shape index (κ1) is 29.3. The largest absolute Gasteiger partial charge is 0.336 e. The predicted octanol–water partition coefficient (Wildman–Crippen LogP) is 4.84. The summed E-state index contributed by atoms with van der Waals surface area (Å²) in [6, 6.07) is 29.4. The number of benzene rings is 3. The van der Waals surface area contributed by atoms with E-state index >= 15 is 0 Å². The molecule has 0 aliphatic carbocycles. The molecule has 2 saturated heterocycles. The Bertz CT molecular complexity index is 1300. The van der Waals surface area contributed by atoms with Crippen LogP contribution in [0, 0.1) is 0 Å². The molecule has 2 atom stereocenters. The Labute approximate surface area is 248 Å². The second-order valence-corrected chi connectivity index (χ2v) is 11.0. The number of unbranched alkanes of at least 4 members (excludes halogenated alkanes) is 1. The van der Waals surface area contributed by atoms with Crippen molar-refractivity contribution in [3.05, 3.63) is 108 Å². The summed E-state index contributed by atoms with van der Waals surface area (Å²) < 4.78 is 0. The van der Waals surface area contributed by atoms with Crippen LogP contribution >= 0.6 is 0 Å². The molecule has 2 aliphatic rings. The van der Waals surface area contributed by atoms with Crippen molar-refractivity contribution >= 4 is 17.8 Å². The zero-order valence-electron chi connectivity index (χ0n) is 24.6. The number of hydrogen-bond donors (Lipinski definition) is 1. The van der Waals surface area contributed by atoms with Gasteiger partial charge in [-0.1, -0.05) is 118 Å². The lowest BCUT2D eigenvalue weighted by molar-refractivity contribution is -0.190. The number of carbonyl (C=O) groups is 3. The monoisotopic (exact) mass is 567 g/mol. The summed E-state index contributed by atoms with van der Waals surface area (Å²) in [4.78, 5) is 45.1. The fourth-order valence-corrected chi connectivity index (χ4v) is 6.15. The number of urea groups is 1. The topological polar surface area (TPSA) is 76.2 Å². The molecule has 8 heteroatoms. The molecule has 0 aromatic heterocycles. The minimum Gasteiger partial charge on any atom is -0.336 e. The van der Waals surface area contributed by atoms with Gasteiger partial charge in [-0.05, 0) is 23.1 Å². The van der Waals surface area contributed by atoms with Crippen LogP contribution in [0.4, 0.5) is 4.79 Å². The van der Waals surface area contributed by atoms with E-state index in [2.05, 4.69) is 36.5 Å². The average Bonchev–Trinajstić information content (AvgIpc) is 3.03. The highest BCUT2D eigenvalue weighted by Gasteiger charge is 2.51. The smallest absolute Gasteiger partial charge is 0.334 e. The summed E-state index contributed by atoms with van der Waals surface area (Å²) in [5.41, 5.74) is 3.24. The second-order valence-electron chi connectivity index (χ2n) is 11.0. The Hall–Kier alpha value is -4.17. The quantitative estimate of drug-likeness (QED) is 0.381. The summed E-state index contributed by atoms with van der Waals surface area (Å²) in [6.45, 7) is 5.68. The minimum atomic E-state index is -0.605. The van der Waals surface area contributed by atoms with Gasteiger partial charge in [0.05, 0.1) is 13.1 Å². The van der Waals surface area contributed by atoms with Gasteiger partial charge in [-0.25, -0.2) is 14.8 Å². The molecule has 8 nitrogen and oxygen atoms in total. The number of likely N-dealkylation sites (N-methyl/N-ethyl adjacent to an activating group) is 1. The van der Waals surface area contributed by atoms with E-state index in [0.717, 1.165) is 29.5 Å². The first-order valence-corrected chi connectivity index (χ1v) is 15.1. The zero-order chi connectivity index (χ0) is 29.5. The highest BCUT2D eigenvalue weighted by atomic mass is 16.2. The molecule has 0 bridgehead atoms. The Morgan fingerprint density at radius 3 is 2.05 bits per heavy atom. The fourth-order valence-electron chi connectivity index (χ4n) is 6.15. The third kappa shape index (κ3) is 6.34. The van der Waals surface area contributed by atoms with Crippen LogP contribution in [0.2, 0.25) is 0 Å². The molecule has 0 unspecified atom stereocenters. The number of hydrogen-bond acceptors (Lipinski definition) is 4. The maximum Gasteiger partial charge on any atom is 0.334 e. The lowest BCUT2D eigenvalue weighted by atomic mass is 9.90. The predicted molar refractivity (Wildman–Crippen MR) is 163 cm³/mol. The molecule has 2 aliphatic heterocycles. The molecule has 220 valence electrons. The molecular weight excluding hydrogens is 526 g/mol. The third-order valence-electron chi connectivity index (χ3n) is 8.33. The summed E-state index contributed by atoms with van der Waals surface area (Å²) in [5, 5.41) is 6.55. The van der Waals surface area contributed by atoms with Crippen molar-refractivity contribution < 1.29 is 14.4 Å². The molecule has 0 spiro atoms. The standard InChI is InChI=1S/C34H41N5O3/c1-3-5-21-30-33(41)36(23-29(27-17-11-7-12-18-27)28-19-13-8-14-20-28)24-31-38(30)32(40)25-37(4-2)39(31)34(42)35-22-26-15-9-6-10-16-26/h6-20,29-31H,3-5,21-25H2,1-2H3,(H,35,42)/t30-,31-/m0/s1. The average molecular weight is 568 g/mol. The summed E-state index contributed by atoms with van der Waals surface area (Å²) in [5.74, 6) is -0.193. The summed E-state index contributed by atoms with van der Waals surface area (Å²) in [7, 11) is 0. The number of nitrogens with one attached hydrogen (secondary N) is 1. The maximum atomic E-state index is 14.2. The highest BCUT2D eigenvalue weighted by Crippen LogP contribution is 2.32. The van der Waals surface area contributed by atoms with E-state index < -0.39 is 12.2 Å². The lowest BCUT2D eigenvalue weighted by Gasteiger charge is -2.55. The van der Waals surface area contributed by atoms with Gasteiger partial charge in [0.1, 0.15) is 12.2 Å². The van der Waals surface area contributed by atoms with Gasteiger partial charge in [-0.2, -0.15) is 0 Å². The van der Waals surface area contributed by atoms with Crippen LogP contribution in [0.15, 0.2) is 91.0 Å². The lowest BCUT2D eigenvalue weighted by Crippen LogP contribution is -2.76.